The molecule has 0 atom stereocenters. The number of hydrogen-bond acceptors (Lipinski definition) is 3. The first kappa shape index (κ1) is 20.3. The molecule has 0 radical (unpaired) electrons. The maximum Gasteiger partial charge on any atom is 0.251 e. The zero-order chi connectivity index (χ0) is 17.6. The summed E-state index contributed by atoms with van der Waals surface area (Å²) in [5.74, 6) is 0.787. The molecule has 140 valence electrons. The largest absolute Gasteiger partial charge is 0.399 e. The van der Waals surface area contributed by atoms with Gasteiger partial charge in [0, 0.05) is 24.3 Å². The van der Waals surface area contributed by atoms with E-state index in [4.69, 9.17) is 5.73 Å². The number of nitrogen functional groups attached to an aromatic ring is 1. The SMILES string of the molecule is CC1CCN(Cc2ccc(CNC(=O)c3ccc(N)cc3)cc2)CC1.Cl. The molecule has 0 aliphatic carbocycles. The Hall–Kier alpha value is -2.04. The molecular weight excluding hydrogens is 346 g/mol. The fourth-order valence-electron chi connectivity index (χ4n) is 3.16. The van der Waals surface area contributed by atoms with Gasteiger partial charge in [0.2, 0.25) is 0 Å². The summed E-state index contributed by atoms with van der Waals surface area (Å²) in [6, 6.07) is 15.5. The van der Waals surface area contributed by atoms with Crippen molar-refractivity contribution in [2.75, 3.05) is 18.8 Å². The maximum absolute atomic E-state index is 12.1. The van der Waals surface area contributed by atoms with Crippen molar-refractivity contribution < 1.29 is 4.79 Å². The molecule has 3 N–H and O–H groups in total. The summed E-state index contributed by atoms with van der Waals surface area (Å²) in [4.78, 5) is 14.7. The standard InChI is InChI=1S/C21H27N3O.ClH/c1-16-10-12-24(13-11-16)15-18-4-2-17(3-5-18)14-23-21(25)19-6-8-20(22)9-7-19;/h2-9,16H,10-15,22H2,1H3,(H,23,25);1H. The van der Waals surface area contributed by atoms with Crippen molar-refractivity contribution in [1.29, 1.82) is 0 Å². The van der Waals surface area contributed by atoms with Crippen LogP contribution in [0.2, 0.25) is 0 Å². The minimum Gasteiger partial charge on any atom is -0.399 e. The minimum atomic E-state index is -0.0773. The van der Waals surface area contributed by atoms with Gasteiger partial charge in [0.25, 0.3) is 5.91 Å². The highest BCUT2D eigenvalue weighted by molar-refractivity contribution is 5.94. The molecule has 0 spiro atoms. The highest BCUT2D eigenvalue weighted by Gasteiger charge is 2.15. The molecule has 26 heavy (non-hydrogen) atoms. The summed E-state index contributed by atoms with van der Waals surface area (Å²) < 4.78 is 0. The summed E-state index contributed by atoms with van der Waals surface area (Å²) in [6.45, 7) is 6.28. The highest BCUT2D eigenvalue weighted by Crippen LogP contribution is 2.18. The fourth-order valence-corrected chi connectivity index (χ4v) is 3.16. The first-order valence-corrected chi connectivity index (χ1v) is 9.04. The third-order valence-corrected chi connectivity index (χ3v) is 4.93. The predicted molar refractivity (Wildman–Crippen MR) is 109 cm³/mol. The van der Waals surface area contributed by atoms with Gasteiger partial charge < -0.3 is 11.1 Å². The van der Waals surface area contributed by atoms with Gasteiger partial charge in [-0.3, -0.25) is 9.69 Å². The van der Waals surface area contributed by atoms with E-state index >= 15 is 0 Å². The van der Waals surface area contributed by atoms with Crippen LogP contribution < -0.4 is 11.1 Å². The van der Waals surface area contributed by atoms with Gasteiger partial charge in [-0.15, -0.1) is 12.4 Å². The zero-order valence-electron chi connectivity index (χ0n) is 15.3. The van der Waals surface area contributed by atoms with E-state index in [-0.39, 0.29) is 18.3 Å². The lowest BCUT2D eigenvalue weighted by Crippen LogP contribution is -2.32. The number of rotatable bonds is 5. The lowest BCUT2D eigenvalue weighted by atomic mass is 9.99. The van der Waals surface area contributed by atoms with Crippen LogP contribution in [0.1, 0.15) is 41.3 Å². The number of piperidine rings is 1. The first-order valence-electron chi connectivity index (χ1n) is 9.04. The molecule has 4 nitrogen and oxygen atoms in total. The smallest absolute Gasteiger partial charge is 0.251 e. The van der Waals surface area contributed by atoms with Gasteiger partial charge in [0.05, 0.1) is 0 Å². The Morgan fingerprint density at radius 2 is 1.62 bits per heavy atom. The first-order chi connectivity index (χ1) is 12.1. The normalized spacial score (nSPS) is 15.3. The molecule has 1 aliphatic rings. The quantitative estimate of drug-likeness (QED) is 0.782. The monoisotopic (exact) mass is 373 g/mol. The number of nitrogens with zero attached hydrogens (tertiary/aromatic N) is 1. The molecule has 0 bridgehead atoms. The summed E-state index contributed by atoms with van der Waals surface area (Å²) in [5, 5.41) is 2.95. The number of halogens is 1. The lowest BCUT2D eigenvalue weighted by molar-refractivity contribution is 0.0951. The van der Waals surface area contributed by atoms with Crippen LogP contribution in [0.25, 0.3) is 0 Å². The van der Waals surface area contributed by atoms with E-state index in [1.807, 2.05) is 0 Å². The molecule has 1 aliphatic heterocycles. The van der Waals surface area contributed by atoms with Crippen molar-refractivity contribution in [2.45, 2.75) is 32.9 Å². The van der Waals surface area contributed by atoms with Crippen molar-refractivity contribution in [2.24, 2.45) is 5.92 Å². The second-order valence-corrected chi connectivity index (χ2v) is 7.08. The Morgan fingerprint density at radius 3 is 2.23 bits per heavy atom. The van der Waals surface area contributed by atoms with Gasteiger partial charge in [0.1, 0.15) is 0 Å². The number of carbonyl (C=O) groups excluding carboxylic acids is 1. The Morgan fingerprint density at radius 1 is 1.04 bits per heavy atom. The van der Waals surface area contributed by atoms with Crippen molar-refractivity contribution in [3.8, 4) is 0 Å². The molecule has 2 aromatic rings. The average molecular weight is 374 g/mol. The number of likely N-dealkylation sites (tertiary alicyclic amines) is 1. The summed E-state index contributed by atoms with van der Waals surface area (Å²) >= 11 is 0. The number of amides is 1. The van der Waals surface area contributed by atoms with Crippen LogP contribution >= 0.6 is 12.4 Å². The van der Waals surface area contributed by atoms with Crippen LogP contribution in [0.4, 0.5) is 5.69 Å². The van der Waals surface area contributed by atoms with E-state index in [1.165, 1.54) is 31.5 Å². The van der Waals surface area contributed by atoms with Crippen molar-refractivity contribution in [1.82, 2.24) is 10.2 Å². The summed E-state index contributed by atoms with van der Waals surface area (Å²) in [5.41, 5.74) is 9.38. The minimum absolute atomic E-state index is 0. The van der Waals surface area contributed by atoms with Crippen LogP contribution in [0, 0.1) is 5.92 Å². The molecule has 0 aromatic heterocycles. The molecule has 0 saturated carbocycles. The van der Waals surface area contributed by atoms with Crippen molar-refractivity contribution in [3.63, 3.8) is 0 Å². The Labute approximate surface area is 162 Å². The molecule has 2 aromatic carbocycles. The summed E-state index contributed by atoms with van der Waals surface area (Å²) in [6.07, 6.45) is 2.60. The van der Waals surface area contributed by atoms with Crippen molar-refractivity contribution >= 4 is 24.0 Å². The van der Waals surface area contributed by atoms with Gasteiger partial charge in [-0.05, 0) is 67.2 Å². The molecule has 0 unspecified atom stereocenters. The molecule has 5 heteroatoms. The molecule has 1 heterocycles. The number of anilines is 1. The topological polar surface area (TPSA) is 58.4 Å². The number of nitrogens with one attached hydrogen (secondary N) is 1. The van der Waals surface area contributed by atoms with Gasteiger partial charge in [-0.1, -0.05) is 31.2 Å². The van der Waals surface area contributed by atoms with E-state index in [9.17, 15) is 4.79 Å². The Bertz CT molecular complexity index is 692. The highest BCUT2D eigenvalue weighted by atomic mass is 35.5. The van der Waals surface area contributed by atoms with Crippen molar-refractivity contribution in [3.05, 3.63) is 65.2 Å². The fraction of sp³-hybridized carbons (Fsp3) is 0.381. The Kier molecular flexibility index (Phi) is 7.49. The molecule has 1 amide bonds. The van der Waals surface area contributed by atoms with E-state index in [0.717, 1.165) is 18.0 Å². The van der Waals surface area contributed by atoms with E-state index < -0.39 is 0 Å². The van der Waals surface area contributed by atoms with E-state index in [1.54, 1.807) is 24.3 Å². The van der Waals surface area contributed by atoms with Crippen LogP contribution in [0.15, 0.2) is 48.5 Å². The van der Waals surface area contributed by atoms with Gasteiger partial charge in [-0.2, -0.15) is 0 Å². The predicted octanol–water partition coefficient (Wildman–Crippen LogP) is 3.85. The number of hydrogen-bond donors (Lipinski definition) is 2. The van der Waals surface area contributed by atoms with Crippen LogP contribution in [0.5, 0.6) is 0 Å². The van der Waals surface area contributed by atoms with E-state index in [2.05, 4.69) is 41.4 Å². The number of carbonyl (C=O) groups is 1. The molecule has 3 rings (SSSR count). The second-order valence-electron chi connectivity index (χ2n) is 7.08. The lowest BCUT2D eigenvalue weighted by Gasteiger charge is -2.30. The van der Waals surface area contributed by atoms with Crippen LogP contribution in [-0.2, 0) is 13.1 Å². The molecule has 1 saturated heterocycles. The van der Waals surface area contributed by atoms with Crippen LogP contribution in [-0.4, -0.2) is 23.9 Å². The van der Waals surface area contributed by atoms with Gasteiger partial charge in [-0.25, -0.2) is 0 Å². The molecule has 1 fully saturated rings. The third-order valence-electron chi connectivity index (χ3n) is 4.93. The second kappa shape index (κ2) is 9.60. The molecular formula is C21H28ClN3O. The number of benzene rings is 2. The average Bonchev–Trinajstić information content (AvgIpc) is 2.63. The van der Waals surface area contributed by atoms with Crippen LogP contribution in [0.3, 0.4) is 0 Å². The third kappa shape index (κ3) is 5.75. The van der Waals surface area contributed by atoms with Gasteiger partial charge in [0.15, 0.2) is 0 Å². The zero-order valence-corrected chi connectivity index (χ0v) is 16.1. The summed E-state index contributed by atoms with van der Waals surface area (Å²) in [7, 11) is 0. The van der Waals surface area contributed by atoms with Gasteiger partial charge >= 0.3 is 0 Å². The van der Waals surface area contributed by atoms with E-state index in [0.29, 0.717) is 17.8 Å². The number of nitrogens with two attached hydrogens (primary N) is 1. The maximum atomic E-state index is 12.1. The Balaban J connectivity index is 0.00000243.